The van der Waals surface area contributed by atoms with E-state index >= 15 is 0 Å². The second-order valence-electron chi connectivity index (χ2n) is 7.18. The molecule has 164 valence electrons. The first-order valence-electron chi connectivity index (χ1n) is 9.98. The van der Waals surface area contributed by atoms with Gasteiger partial charge in [-0.25, -0.2) is 8.60 Å². The maximum absolute atomic E-state index is 14.4. The summed E-state index contributed by atoms with van der Waals surface area (Å²) in [6.07, 6.45) is 0. The lowest BCUT2D eigenvalue weighted by molar-refractivity contribution is 0.0934. The van der Waals surface area contributed by atoms with E-state index in [1.165, 1.54) is 24.1 Å². The average Bonchev–Trinajstić information content (AvgIpc) is 2.90. The minimum atomic E-state index is -1.65. The van der Waals surface area contributed by atoms with Crippen LogP contribution in [0.25, 0.3) is 0 Å². The maximum atomic E-state index is 14.4. The van der Waals surface area contributed by atoms with Crippen molar-refractivity contribution in [2.24, 2.45) is 0 Å². The summed E-state index contributed by atoms with van der Waals surface area (Å²) in [5.41, 5.74) is 1.21. The standard InChI is InChI=1S/C24H21FN2O4S/c1-31-13-12-26-23(28)16-10-11-22-20(14-16)27(15-17-6-2-4-8-19(17)25)24(29)18-7-3-5-9-21(18)32(22)30/h2-11,14H,12-13,15H2,1H3,(H,26,28). The highest BCUT2D eigenvalue weighted by atomic mass is 32.2. The van der Waals surface area contributed by atoms with Crippen LogP contribution in [0.4, 0.5) is 10.1 Å². The van der Waals surface area contributed by atoms with Gasteiger partial charge in [0.15, 0.2) is 0 Å². The first kappa shape index (κ1) is 21.9. The zero-order valence-electron chi connectivity index (χ0n) is 17.3. The average molecular weight is 453 g/mol. The second kappa shape index (κ2) is 9.42. The van der Waals surface area contributed by atoms with Gasteiger partial charge < -0.3 is 15.0 Å². The summed E-state index contributed by atoms with van der Waals surface area (Å²) in [5, 5.41) is 2.73. The van der Waals surface area contributed by atoms with Crippen LogP contribution in [-0.2, 0) is 22.1 Å². The van der Waals surface area contributed by atoms with Gasteiger partial charge in [0.05, 0.1) is 45.0 Å². The van der Waals surface area contributed by atoms with Gasteiger partial charge in [-0.1, -0.05) is 30.3 Å². The fraction of sp³-hybridized carbons (Fsp3) is 0.167. The van der Waals surface area contributed by atoms with Crippen molar-refractivity contribution >= 4 is 28.3 Å². The Morgan fingerprint density at radius 3 is 2.59 bits per heavy atom. The molecule has 1 unspecified atom stereocenters. The number of fused-ring (bicyclic) bond motifs is 2. The Labute approximate surface area is 187 Å². The molecular formula is C24H21FN2O4S. The molecule has 0 radical (unpaired) electrons. The van der Waals surface area contributed by atoms with Gasteiger partial charge in [0, 0.05) is 24.8 Å². The lowest BCUT2D eigenvalue weighted by atomic mass is 10.1. The third kappa shape index (κ3) is 4.19. The van der Waals surface area contributed by atoms with Gasteiger partial charge in [-0.05, 0) is 36.4 Å². The minimum absolute atomic E-state index is 0.0706. The third-order valence-corrected chi connectivity index (χ3v) is 6.65. The predicted molar refractivity (Wildman–Crippen MR) is 119 cm³/mol. The van der Waals surface area contributed by atoms with Crippen LogP contribution in [0.2, 0.25) is 0 Å². The lowest BCUT2D eigenvalue weighted by Gasteiger charge is -2.24. The molecular weight excluding hydrogens is 431 g/mol. The molecule has 1 atom stereocenters. The van der Waals surface area contributed by atoms with Crippen molar-refractivity contribution in [1.82, 2.24) is 5.32 Å². The Bertz CT molecular complexity index is 1210. The molecule has 0 saturated carbocycles. The van der Waals surface area contributed by atoms with E-state index in [1.54, 1.807) is 54.6 Å². The number of ether oxygens (including phenoxy) is 1. The normalized spacial score (nSPS) is 15.0. The summed E-state index contributed by atoms with van der Waals surface area (Å²) in [4.78, 5) is 28.2. The van der Waals surface area contributed by atoms with Crippen LogP contribution in [0, 0.1) is 5.82 Å². The van der Waals surface area contributed by atoms with Crippen molar-refractivity contribution in [3.63, 3.8) is 0 Å². The molecule has 0 bridgehead atoms. The van der Waals surface area contributed by atoms with Gasteiger partial charge in [0.2, 0.25) is 0 Å². The van der Waals surface area contributed by atoms with E-state index in [9.17, 15) is 18.2 Å². The summed E-state index contributed by atoms with van der Waals surface area (Å²) in [5.74, 6) is -1.21. The summed E-state index contributed by atoms with van der Waals surface area (Å²) in [7, 11) is -0.113. The van der Waals surface area contributed by atoms with Crippen LogP contribution >= 0.6 is 0 Å². The van der Waals surface area contributed by atoms with Crippen LogP contribution in [0.1, 0.15) is 26.3 Å². The van der Waals surface area contributed by atoms with Gasteiger partial charge in [0.25, 0.3) is 11.8 Å². The smallest absolute Gasteiger partial charge is 0.259 e. The summed E-state index contributed by atoms with van der Waals surface area (Å²) < 4.78 is 32.8. The number of nitrogens with zero attached hydrogens (tertiary/aromatic N) is 1. The van der Waals surface area contributed by atoms with Gasteiger partial charge in [-0.3, -0.25) is 9.59 Å². The molecule has 0 fully saturated rings. The highest BCUT2D eigenvalue weighted by Crippen LogP contribution is 2.36. The molecule has 3 aromatic rings. The number of benzene rings is 3. The number of hydrogen-bond acceptors (Lipinski definition) is 4. The molecule has 1 aliphatic heterocycles. The van der Waals surface area contributed by atoms with E-state index in [4.69, 9.17) is 4.74 Å². The number of halogens is 1. The number of anilines is 1. The van der Waals surface area contributed by atoms with Gasteiger partial charge in [-0.2, -0.15) is 0 Å². The Kier molecular flexibility index (Phi) is 6.43. The van der Waals surface area contributed by atoms with E-state index < -0.39 is 22.5 Å². The van der Waals surface area contributed by atoms with Crippen LogP contribution in [0.3, 0.4) is 0 Å². The number of carbonyl (C=O) groups is 2. The lowest BCUT2D eigenvalue weighted by Crippen LogP contribution is -2.31. The third-order valence-electron chi connectivity index (χ3n) is 5.15. The number of methoxy groups -OCH3 is 1. The fourth-order valence-corrected chi connectivity index (χ4v) is 4.87. The largest absolute Gasteiger partial charge is 0.383 e. The second-order valence-corrected chi connectivity index (χ2v) is 8.60. The predicted octanol–water partition coefficient (Wildman–Crippen LogP) is 3.53. The Hall–Kier alpha value is -3.36. The SMILES string of the molecule is COCCNC(=O)c1ccc2c(c1)N(Cc1ccccc1F)C(=O)c1ccccc1S2=O. The van der Waals surface area contributed by atoms with E-state index in [2.05, 4.69) is 5.32 Å². The molecule has 1 aliphatic rings. The van der Waals surface area contributed by atoms with Crippen molar-refractivity contribution in [1.29, 1.82) is 0 Å². The molecule has 32 heavy (non-hydrogen) atoms. The maximum Gasteiger partial charge on any atom is 0.259 e. The zero-order valence-corrected chi connectivity index (χ0v) is 18.2. The molecule has 1 N–H and O–H groups in total. The minimum Gasteiger partial charge on any atom is -0.383 e. The number of amides is 2. The van der Waals surface area contributed by atoms with Gasteiger partial charge >= 0.3 is 0 Å². The number of carbonyl (C=O) groups excluding carboxylic acids is 2. The highest BCUT2D eigenvalue weighted by Gasteiger charge is 2.32. The van der Waals surface area contributed by atoms with E-state index in [-0.39, 0.29) is 18.0 Å². The van der Waals surface area contributed by atoms with Crippen LogP contribution in [0.15, 0.2) is 76.5 Å². The van der Waals surface area contributed by atoms with E-state index in [1.807, 2.05) is 0 Å². The summed E-state index contributed by atoms with van der Waals surface area (Å²) >= 11 is 0. The monoisotopic (exact) mass is 452 g/mol. The molecule has 0 aliphatic carbocycles. The topological polar surface area (TPSA) is 75.7 Å². The number of hydrogen-bond donors (Lipinski definition) is 1. The fourth-order valence-electron chi connectivity index (χ4n) is 3.53. The quantitative estimate of drug-likeness (QED) is 0.581. The van der Waals surface area contributed by atoms with Crippen LogP contribution in [0.5, 0.6) is 0 Å². The molecule has 8 heteroatoms. The first-order chi connectivity index (χ1) is 15.5. The number of nitrogens with one attached hydrogen (secondary N) is 1. The molecule has 4 rings (SSSR count). The molecule has 0 spiro atoms. The zero-order chi connectivity index (χ0) is 22.7. The van der Waals surface area contributed by atoms with Crippen molar-refractivity contribution in [3.05, 3.63) is 89.2 Å². The number of rotatable bonds is 6. The van der Waals surface area contributed by atoms with Gasteiger partial charge in [0.1, 0.15) is 5.82 Å². The van der Waals surface area contributed by atoms with Crippen molar-refractivity contribution in [2.45, 2.75) is 16.3 Å². The van der Waals surface area contributed by atoms with Crippen molar-refractivity contribution in [3.8, 4) is 0 Å². The van der Waals surface area contributed by atoms with Crippen molar-refractivity contribution < 1.29 is 22.9 Å². The molecule has 3 aromatic carbocycles. The first-order valence-corrected chi connectivity index (χ1v) is 11.1. The molecule has 1 heterocycles. The Morgan fingerprint density at radius 2 is 1.81 bits per heavy atom. The highest BCUT2D eigenvalue weighted by molar-refractivity contribution is 7.85. The molecule has 0 aromatic heterocycles. The summed E-state index contributed by atoms with van der Waals surface area (Å²) in [6, 6.07) is 17.5. The van der Waals surface area contributed by atoms with Gasteiger partial charge in [-0.15, -0.1) is 0 Å². The van der Waals surface area contributed by atoms with Crippen LogP contribution in [-0.4, -0.2) is 36.3 Å². The molecule has 6 nitrogen and oxygen atoms in total. The summed E-state index contributed by atoms with van der Waals surface area (Å²) in [6.45, 7) is 0.606. The Balaban J connectivity index is 1.82. The molecule has 2 amide bonds. The van der Waals surface area contributed by atoms with Crippen LogP contribution < -0.4 is 10.2 Å². The van der Waals surface area contributed by atoms with E-state index in [0.717, 1.165) is 0 Å². The molecule has 0 saturated heterocycles. The van der Waals surface area contributed by atoms with Crippen molar-refractivity contribution in [2.75, 3.05) is 25.2 Å². The van der Waals surface area contributed by atoms with E-state index in [0.29, 0.717) is 39.8 Å². The Morgan fingerprint density at radius 1 is 1.06 bits per heavy atom.